The van der Waals surface area contributed by atoms with Crippen LogP contribution in [0, 0.1) is 0 Å². The van der Waals surface area contributed by atoms with Gasteiger partial charge in [0.1, 0.15) is 11.9 Å². The van der Waals surface area contributed by atoms with E-state index in [9.17, 15) is 9.59 Å². The van der Waals surface area contributed by atoms with E-state index in [-0.39, 0.29) is 29.9 Å². The lowest BCUT2D eigenvalue weighted by Crippen LogP contribution is -2.51. The van der Waals surface area contributed by atoms with Crippen LogP contribution in [-0.2, 0) is 9.59 Å². The van der Waals surface area contributed by atoms with Gasteiger partial charge in [0.05, 0.1) is 0 Å². The van der Waals surface area contributed by atoms with E-state index in [2.05, 4.69) is 45.9 Å². The number of carbonyl (C=O) groups excluding carboxylic acids is 2. The smallest absolute Gasteiger partial charge is 0.239 e. The topological polar surface area (TPSA) is 72.0 Å². The van der Waals surface area contributed by atoms with Gasteiger partial charge in [0, 0.05) is 70.0 Å². The van der Waals surface area contributed by atoms with Crippen LogP contribution in [0.5, 0.6) is 0 Å². The van der Waals surface area contributed by atoms with Gasteiger partial charge in [-0.05, 0) is 45.9 Å². The molecule has 0 bridgehead atoms. The van der Waals surface area contributed by atoms with E-state index in [1.165, 1.54) is 0 Å². The number of rotatable bonds is 5. The summed E-state index contributed by atoms with van der Waals surface area (Å²) in [5, 5.41) is 3.15. The number of aromatic nitrogens is 1. The predicted octanol–water partition coefficient (Wildman–Crippen LogP) is 0.792. The lowest BCUT2D eigenvalue weighted by molar-refractivity contribution is -0.132. The highest BCUT2D eigenvalue weighted by atomic mass is 16.2. The van der Waals surface area contributed by atoms with Gasteiger partial charge in [0.15, 0.2) is 0 Å². The van der Waals surface area contributed by atoms with Crippen LogP contribution in [0.1, 0.15) is 33.1 Å². The summed E-state index contributed by atoms with van der Waals surface area (Å²) < 4.78 is 0. The molecule has 31 heavy (non-hydrogen) atoms. The van der Waals surface area contributed by atoms with Gasteiger partial charge in [-0.15, -0.1) is 0 Å². The van der Waals surface area contributed by atoms with Crippen molar-refractivity contribution in [2.75, 3.05) is 51.2 Å². The number of amides is 2. The predicted molar refractivity (Wildman–Crippen MR) is 121 cm³/mol. The second-order valence-electron chi connectivity index (χ2n) is 9.29. The minimum atomic E-state index is -0.0784. The number of hydrogen-bond donors (Lipinski definition) is 1. The molecule has 170 valence electrons. The highest BCUT2D eigenvalue weighted by molar-refractivity contribution is 5.83. The fourth-order valence-electron chi connectivity index (χ4n) is 5.35. The number of likely N-dealkylation sites (tertiary alicyclic amines) is 1. The summed E-state index contributed by atoms with van der Waals surface area (Å²) in [4.78, 5) is 39.0. The molecule has 4 heterocycles. The Hall–Kier alpha value is -2.19. The Bertz CT molecular complexity index is 765. The van der Waals surface area contributed by atoms with Crippen molar-refractivity contribution in [3.63, 3.8) is 0 Å². The van der Waals surface area contributed by atoms with Crippen molar-refractivity contribution in [1.82, 2.24) is 25.0 Å². The fraction of sp³-hybridized carbons (Fsp3) is 0.696. The van der Waals surface area contributed by atoms with Crippen LogP contribution < -0.4 is 10.2 Å². The van der Waals surface area contributed by atoms with E-state index in [0.29, 0.717) is 19.0 Å². The molecule has 0 radical (unpaired) electrons. The summed E-state index contributed by atoms with van der Waals surface area (Å²) in [5.41, 5.74) is 0. The Morgan fingerprint density at radius 1 is 1.19 bits per heavy atom. The van der Waals surface area contributed by atoms with Gasteiger partial charge in [-0.2, -0.15) is 0 Å². The molecule has 0 aromatic carbocycles. The SMILES string of the molecule is CC(C)N1CCC2C1C(=O)NCC(CCC(=O)N1CCN(c3ccccn3)CC1)N2C. The van der Waals surface area contributed by atoms with E-state index in [1.807, 2.05) is 29.3 Å². The molecule has 0 spiro atoms. The molecule has 3 atom stereocenters. The van der Waals surface area contributed by atoms with Gasteiger partial charge < -0.3 is 15.1 Å². The molecule has 0 saturated carbocycles. The van der Waals surface area contributed by atoms with Gasteiger partial charge in [-0.25, -0.2) is 4.98 Å². The first kappa shape index (κ1) is 22.0. The molecule has 8 nitrogen and oxygen atoms in total. The zero-order valence-corrected chi connectivity index (χ0v) is 19.0. The molecule has 3 aliphatic heterocycles. The molecule has 0 aliphatic carbocycles. The van der Waals surface area contributed by atoms with Crippen molar-refractivity contribution in [1.29, 1.82) is 0 Å². The zero-order valence-electron chi connectivity index (χ0n) is 19.0. The molecular weight excluding hydrogens is 392 g/mol. The van der Waals surface area contributed by atoms with Crippen LogP contribution in [0.4, 0.5) is 5.82 Å². The number of hydrogen-bond acceptors (Lipinski definition) is 6. The van der Waals surface area contributed by atoms with E-state index in [4.69, 9.17) is 0 Å². The largest absolute Gasteiger partial charge is 0.353 e. The highest BCUT2D eigenvalue weighted by Gasteiger charge is 2.45. The Kier molecular flexibility index (Phi) is 6.77. The fourth-order valence-corrected chi connectivity index (χ4v) is 5.35. The van der Waals surface area contributed by atoms with Crippen LogP contribution in [0.15, 0.2) is 24.4 Å². The Balaban J connectivity index is 1.29. The Morgan fingerprint density at radius 3 is 2.65 bits per heavy atom. The molecule has 3 saturated heterocycles. The van der Waals surface area contributed by atoms with Crippen molar-refractivity contribution in [3.05, 3.63) is 24.4 Å². The maximum Gasteiger partial charge on any atom is 0.239 e. The van der Waals surface area contributed by atoms with Crippen LogP contribution in [0.3, 0.4) is 0 Å². The number of carbonyl (C=O) groups is 2. The summed E-state index contributed by atoms with van der Waals surface area (Å²) in [6.07, 6.45) is 4.12. The van der Waals surface area contributed by atoms with Crippen LogP contribution in [-0.4, -0.2) is 102 Å². The first-order chi connectivity index (χ1) is 15.0. The number of pyridine rings is 1. The number of likely N-dealkylation sites (N-methyl/N-ethyl adjacent to an activating group) is 1. The molecule has 1 N–H and O–H groups in total. The van der Waals surface area contributed by atoms with Crippen molar-refractivity contribution in [2.24, 2.45) is 0 Å². The Morgan fingerprint density at radius 2 is 1.97 bits per heavy atom. The summed E-state index contributed by atoms with van der Waals surface area (Å²) in [7, 11) is 2.13. The normalized spacial score (nSPS) is 27.9. The minimum Gasteiger partial charge on any atom is -0.353 e. The van der Waals surface area contributed by atoms with Crippen molar-refractivity contribution in [2.45, 2.75) is 57.3 Å². The quantitative estimate of drug-likeness (QED) is 0.748. The number of fused-ring (bicyclic) bond motifs is 1. The van der Waals surface area contributed by atoms with Crippen LogP contribution >= 0.6 is 0 Å². The Labute approximate surface area is 185 Å². The molecule has 1 aromatic rings. The first-order valence-corrected chi connectivity index (χ1v) is 11.6. The van der Waals surface area contributed by atoms with Gasteiger partial charge >= 0.3 is 0 Å². The minimum absolute atomic E-state index is 0.0784. The van der Waals surface area contributed by atoms with Gasteiger partial charge in [0.2, 0.25) is 11.8 Å². The summed E-state index contributed by atoms with van der Waals surface area (Å²) in [6.45, 7) is 9.00. The molecular formula is C23H36N6O2. The monoisotopic (exact) mass is 428 g/mol. The van der Waals surface area contributed by atoms with Gasteiger partial charge in [0.25, 0.3) is 0 Å². The van der Waals surface area contributed by atoms with E-state index < -0.39 is 0 Å². The van der Waals surface area contributed by atoms with Crippen LogP contribution in [0.25, 0.3) is 0 Å². The molecule has 3 unspecified atom stereocenters. The van der Waals surface area contributed by atoms with Crippen LogP contribution in [0.2, 0.25) is 0 Å². The van der Waals surface area contributed by atoms with E-state index >= 15 is 0 Å². The summed E-state index contributed by atoms with van der Waals surface area (Å²) in [5.74, 6) is 1.34. The molecule has 8 heteroatoms. The number of anilines is 1. The molecule has 3 fully saturated rings. The van der Waals surface area contributed by atoms with Gasteiger partial charge in [-0.3, -0.25) is 19.4 Å². The number of nitrogens with one attached hydrogen (secondary N) is 1. The van der Waals surface area contributed by atoms with Crippen molar-refractivity contribution < 1.29 is 9.59 Å². The van der Waals surface area contributed by atoms with E-state index in [0.717, 1.165) is 51.4 Å². The highest BCUT2D eigenvalue weighted by Crippen LogP contribution is 2.28. The molecule has 3 aliphatic rings. The molecule has 1 aromatic heterocycles. The lowest BCUT2D eigenvalue weighted by Gasteiger charge is -2.36. The first-order valence-electron chi connectivity index (χ1n) is 11.6. The lowest BCUT2D eigenvalue weighted by atomic mass is 10.0. The molecule has 2 amide bonds. The molecule has 4 rings (SSSR count). The zero-order chi connectivity index (χ0) is 22.0. The van der Waals surface area contributed by atoms with Crippen molar-refractivity contribution >= 4 is 17.6 Å². The standard InChI is InChI=1S/C23H36N6O2/c1-17(2)29-11-9-19-22(29)23(31)25-16-18(26(19)3)7-8-21(30)28-14-12-27(13-15-28)20-6-4-5-10-24-20/h4-6,10,17-19,22H,7-9,11-16H2,1-3H3,(H,25,31). The second-order valence-corrected chi connectivity index (χ2v) is 9.29. The average molecular weight is 429 g/mol. The second kappa shape index (κ2) is 9.53. The third-order valence-corrected chi connectivity index (χ3v) is 7.24. The maximum atomic E-state index is 12.9. The summed E-state index contributed by atoms with van der Waals surface area (Å²) in [6, 6.07) is 6.64. The third-order valence-electron chi connectivity index (χ3n) is 7.24. The van der Waals surface area contributed by atoms with E-state index in [1.54, 1.807) is 0 Å². The average Bonchev–Trinajstić information content (AvgIpc) is 3.20. The van der Waals surface area contributed by atoms with Crippen molar-refractivity contribution in [3.8, 4) is 0 Å². The van der Waals surface area contributed by atoms with Gasteiger partial charge in [-0.1, -0.05) is 6.07 Å². The third kappa shape index (κ3) is 4.70. The number of nitrogens with zero attached hydrogens (tertiary/aromatic N) is 5. The maximum absolute atomic E-state index is 12.9. The number of piperazine rings is 1. The summed E-state index contributed by atoms with van der Waals surface area (Å²) >= 11 is 0.